The van der Waals surface area contributed by atoms with Crippen molar-refractivity contribution < 1.29 is 13.5 Å². The van der Waals surface area contributed by atoms with Crippen molar-refractivity contribution in [3.63, 3.8) is 0 Å². The molecule has 0 bridgehead atoms. The smallest absolute Gasteiger partial charge is 0.268 e. The molecule has 2 aromatic carbocycles. The Morgan fingerprint density at radius 2 is 1.85 bits per heavy atom. The molecule has 26 heavy (non-hydrogen) atoms. The van der Waals surface area contributed by atoms with Crippen molar-refractivity contribution in [3.05, 3.63) is 65.9 Å². The van der Waals surface area contributed by atoms with Crippen LogP contribution in [-0.4, -0.2) is 41.6 Å². The maximum Gasteiger partial charge on any atom is 0.268 e. The number of hydrogen-bond donors (Lipinski definition) is 1. The third-order valence-electron chi connectivity index (χ3n) is 4.98. The van der Waals surface area contributed by atoms with Gasteiger partial charge in [0.25, 0.3) is 10.0 Å². The highest BCUT2D eigenvalue weighted by atomic mass is 32.2. The van der Waals surface area contributed by atoms with Gasteiger partial charge < -0.3 is 5.11 Å². The SMILES string of the molecule is Cc1ccc(S(=O)(=O)n2cc(CN3CCC(O)C3)c3ccccc32)cc1. The van der Waals surface area contributed by atoms with Crippen LogP contribution in [0.25, 0.3) is 10.9 Å². The van der Waals surface area contributed by atoms with Gasteiger partial charge in [-0.25, -0.2) is 12.4 Å². The quantitative estimate of drug-likeness (QED) is 0.767. The van der Waals surface area contributed by atoms with Gasteiger partial charge in [-0.1, -0.05) is 35.9 Å². The van der Waals surface area contributed by atoms with Crippen LogP contribution in [0.2, 0.25) is 0 Å². The lowest BCUT2D eigenvalue weighted by Crippen LogP contribution is -2.21. The predicted octanol–water partition coefficient (Wildman–Crippen LogP) is 2.75. The molecule has 1 aliphatic rings. The molecule has 1 fully saturated rings. The van der Waals surface area contributed by atoms with E-state index < -0.39 is 10.0 Å². The summed E-state index contributed by atoms with van der Waals surface area (Å²) in [5.41, 5.74) is 2.67. The normalized spacial score (nSPS) is 18.6. The van der Waals surface area contributed by atoms with Crippen LogP contribution in [0.3, 0.4) is 0 Å². The first-order valence-corrected chi connectivity index (χ1v) is 10.2. The zero-order chi connectivity index (χ0) is 18.3. The summed E-state index contributed by atoms with van der Waals surface area (Å²) in [6.07, 6.45) is 2.20. The molecule has 0 saturated carbocycles. The van der Waals surface area contributed by atoms with E-state index in [0.717, 1.165) is 29.5 Å². The minimum absolute atomic E-state index is 0.284. The van der Waals surface area contributed by atoms with Crippen molar-refractivity contribution in [2.45, 2.75) is 30.9 Å². The molecule has 6 heteroatoms. The van der Waals surface area contributed by atoms with Crippen molar-refractivity contribution in [1.82, 2.24) is 8.87 Å². The first kappa shape index (κ1) is 17.3. The topological polar surface area (TPSA) is 62.5 Å². The zero-order valence-corrected chi connectivity index (χ0v) is 15.5. The summed E-state index contributed by atoms with van der Waals surface area (Å²) in [5, 5.41) is 10.7. The van der Waals surface area contributed by atoms with Crippen LogP contribution in [0.4, 0.5) is 0 Å². The van der Waals surface area contributed by atoms with Crippen LogP contribution in [0, 0.1) is 6.92 Å². The van der Waals surface area contributed by atoms with Crippen molar-refractivity contribution in [1.29, 1.82) is 0 Å². The van der Waals surface area contributed by atoms with E-state index in [1.54, 1.807) is 18.3 Å². The Bertz CT molecular complexity index is 1040. The van der Waals surface area contributed by atoms with E-state index in [2.05, 4.69) is 4.90 Å². The number of aromatic nitrogens is 1. The molecule has 4 rings (SSSR count). The van der Waals surface area contributed by atoms with Crippen molar-refractivity contribution in [2.75, 3.05) is 13.1 Å². The second kappa shape index (κ2) is 6.54. The van der Waals surface area contributed by atoms with E-state index in [9.17, 15) is 13.5 Å². The Hall–Kier alpha value is -2.15. The molecule has 2 heterocycles. The molecular weight excluding hydrogens is 348 g/mol. The van der Waals surface area contributed by atoms with Gasteiger partial charge in [0.05, 0.1) is 16.5 Å². The summed E-state index contributed by atoms with van der Waals surface area (Å²) in [7, 11) is -3.66. The standard InChI is InChI=1S/C20H22N2O3S/c1-15-6-8-18(9-7-15)26(24,25)22-13-16(12-21-11-10-17(23)14-21)19-4-2-3-5-20(19)22/h2-9,13,17,23H,10-12,14H2,1H3. The number of rotatable bonds is 4. The fraction of sp³-hybridized carbons (Fsp3) is 0.300. The lowest BCUT2D eigenvalue weighted by molar-refractivity contribution is 0.175. The summed E-state index contributed by atoms with van der Waals surface area (Å²) in [6.45, 7) is 4.02. The third-order valence-corrected chi connectivity index (χ3v) is 6.67. The molecule has 0 radical (unpaired) electrons. The Balaban J connectivity index is 1.79. The Morgan fingerprint density at radius 3 is 2.54 bits per heavy atom. The Labute approximate surface area is 153 Å². The van der Waals surface area contributed by atoms with Crippen molar-refractivity contribution in [2.24, 2.45) is 0 Å². The zero-order valence-electron chi connectivity index (χ0n) is 14.7. The molecule has 1 aliphatic heterocycles. The number of aliphatic hydroxyl groups is 1. The lowest BCUT2D eigenvalue weighted by atomic mass is 10.2. The van der Waals surface area contributed by atoms with Crippen molar-refractivity contribution >= 4 is 20.9 Å². The number of β-amino-alcohol motifs (C(OH)–C–C–N with tert-alkyl or cyclic N) is 1. The molecule has 1 aromatic heterocycles. The fourth-order valence-corrected chi connectivity index (χ4v) is 4.95. The van der Waals surface area contributed by atoms with Gasteiger partial charge in [0.1, 0.15) is 0 Å². The summed E-state index contributed by atoms with van der Waals surface area (Å²) in [4.78, 5) is 2.45. The van der Waals surface area contributed by atoms with Crippen LogP contribution in [0.5, 0.6) is 0 Å². The number of nitrogens with zero attached hydrogens (tertiary/aromatic N) is 2. The average Bonchev–Trinajstić information content (AvgIpc) is 3.20. The molecule has 1 atom stereocenters. The lowest BCUT2D eigenvalue weighted by Gasteiger charge is -2.13. The summed E-state index contributed by atoms with van der Waals surface area (Å²) >= 11 is 0. The minimum atomic E-state index is -3.66. The number of fused-ring (bicyclic) bond motifs is 1. The van der Waals surface area contributed by atoms with Gasteiger partial charge in [-0.2, -0.15) is 0 Å². The largest absolute Gasteiger partial charge is 0.392 e. The molecule has 0 amide bonds. The molecule has 1 saturated heterocycles. The minimum Gasteiger partial charge on any atom is -0.392 e. The first-order chi connectivity index (χ1) is 12.4. The number of hydrogen-bond acceptors (Lipinski definition) is 4. The third kappa shape index (κ3) is 3.05. The van der Waals surface area contributed by atoms with Gasteiger partial charge in [-0.05, 0) is 37.1 Å². The highest BCUT2D eigenvalue weighted by Crippen LogP contribution is 2.28. The van der Waals surface area contributed by atoms with Crippen LogP contribution in [0.15, 0.2) is 59.6 Å². The molecule has 3 aromatic rings. The summed E-state index contributed by atoms with van der Waals surface area (Å²) in [6, 6.07) is 14.5. The van der Waals surface area contributed by atoms with E-state index in [0.29, 0.717) is 18.6 Å². The molecular formula is C20H22N2O3S. The molecule has 5 nitrogen and oxygen atoms in total. The van der Waals surface area contributed by atoms with Gasteiger partial charge in [0.15, 0.2) is 0 Å². The van der Waals surface area contributed by atoms with Gasteiger partial charge >= 0.3 is 0 Å². The maximum absolute atomic E-state index is 13.2. The second-order valence-corrected chi connectivity index (χ2v) is 8.78. The molecule has 136 valence electrons. The van der Waals surface area contributed by atoms with Gasteiger partial charge in [0, 0.05) is 31.2 Å². The highest BCUT2D eigenvalue weighted by Gasteiger charge is 2.24. The number of benzene rings is 2. The van der Waals surface area contributed by atoms with Crippen molar-refractivity contribution in [3.8, 4) is 0 Å². The molecule has 0 aliphatic carbocycles. The average molecular weight is 370 g/mol. The van der Waals surface area contributed by atoms with E-state index in [4.69, 9.17) is 0 Å². The number of aryl methyl sites for hydroxylation is 1. The van der Waals surface area contributed by atoms with Crippen LogP contribution in [-0.2, 0) is 16.6 Å². The van der Waals surface area contributed by atoms with E-state index in [1.807, 2.05) is 43.3 Å². The van der Waals surface area contributed by atoms with Crippen LogP contribution in [0.1, 0.15) is 17.5 Å². The van der Waals surface area contributed by atoms with Gasteiger partial charge in [-0.3, -0.25) is 4.90 Å². The summed E-state index contributed by atoms with van der Waals surface area (Å²) in [5.74, 6) is 0. The van der Waals surface area contributed by atoms with Crippen LogP contribution < -0.4 is 0 Å². The second-order valence-electron chi connectivity index (χ2n) is 6.96. The predicted molar refractivity (Wildman–Crippen MR) is 102 cm³/mol. The number of likely N-dealkylation sites (tertiary alicyclic amines) is 1. The van der Waals surface area contributed by atoms with E-state index in [1.165, 1.54) is 3.97 Å². The van der Waals surface area contributed by atoms with E-state index >= 15 is 0 Å². The maximum atomic E-state index is 13.2. The molecule has 0 spiro atoms. The Kier molecular flexibility index (Phi) is 4.34. The molecule has 1 N–H and O–H groups in total. The van der Waals surface area contributed by atoms with Crippen LogP contribution >= 0.6 is 0 Å². The fourth-order valence-electron chi connectivity index (χ4n) is 3.56. The first-order valence-electron chi connectivity index (χ1n) is 8.77. The van der Waals surface area contributed by atoms with E-state index in [-0.39, 0.29) is 11.0 Å². The summed E-state index contributed by atoms with van der Waals surface area (Å²) < 4.78 is 27.7. The number of aliphatic hydroxyl groups excluding tert-OH is 1. The van der Waals surface area contributed by atoms with Gasteiger partial charge in [-0.15, -0.1) is 0 Å². The number of para-hydroxylation sites is 1. The monoisotopic (exact) mass is 370 g/mol. The molecule has 1 unspecified atom stereocenters. The highest BCUT2D eigenvalue weighted by molar-refractivity contribution is 7.90. The Morgan fingerprint density at radius 1 is 1.12 bits per heavy atom. The van der Waals surface area contributed by atoms with Gasteiger partial charge in [0.2, 0.25) is 0 Å².